The lowest BCUT2D eigenvalue weighted by atomic mass is 10.0. The van der Waals surface area contributed by atoms with E-state index in [4.69, 9.17) is 4.74 Å². The summed E-state index contributed by atoms with van der Waals surface area (Å²) >= 11 is 0. The van der Waals surface area contributed by atoms with Gasteiger partial charge in [-0.3, -0.25) is 14.5 Å². The summed E-state index contributed by atoms with van der Waals surface area (Å²) in [6.07, 6.45) is 4.97. The highest BCUT2D eigenvalue weighted by atomic mass is 16.5. The van der Waals surface area contributed by atoms with Crippen LogP contribution in [-0.2, 0) is 18.3 Å². The zero-order chi connectivity index (χ0) is 27.7. The van der Waals surface area contributed by atoms with E-state index < -0.39 is 0 Å². The Bertz CT molecular complexity index is 1520. The number of ether oxygens (including phenoxy) is 1. The monoisotopic (exact) mass is 529 g/mol. The fourth-order valence-corrected chi connectivity index (χ4v) is 5.03. The van der Waals surface area contributed by atoms with E-state index in [1.165, 1.54) is 0 Å². The quantitative estimate of drug-likeness (QED) is 0.332. The highest BCUT2D eigenvalue weighted by molar-refractivity contribution is 5.96. The number of carbonyl (C=O) groups excluding carboxylic acids is 2. The van der Waals surface area contributed by atoms with Crippen molar-refractivity contribution in [2.75, 3.05) is 39.0 Å². The van der Waals surface area contributed by atoms with Crippen molar-refractivity contribution in [3.05, 3.63) is 71.2 Å². The summed E-state index contributed by atoms with van der Waals surface area (Å²) in [6, 6.07) is 11.6. The van der Waals surface area contributed by atoms with E-state index in [1.807, 2.05) is 55.9 Å². The van der Waals surface area contributed by atoms with Gasteiger partial charge in [-0.15, -0.1) is 5.10 Å². The summed E-state index contributed by atoms with van der Waals surface area (Å²) in [7, 11) is 6.03. The first-order valence-corrected chi connectivity index (χ1v) is 13.1. The van der Waals surface area contributed by atoms with Crippen LogP contribution in [0.15, 0.2) is 48.8 Å². The van der Waals surface area contributed by atoms with Crippen LogP contribution in [0.25, 0.3) is 5.65 Å². The molecule has 0 unspecified atom stereocenters. The second-order valence-electron chi connectivity index (χ2n) is 10.6. The SMILES string of the molecule is Cc1cc(C(=O)Cc2cc(Oc3ccc4nc(NC(=O)CN5CC[C@@H](N(C)C)C5)cn4n3)ccc2C)n(C)c1. The summed E-state index contributed by atoms with van der Waals surface area (Å²) in [5.41, 5.74) is 4.26. The Kier molecular flexibility index (Phi) is 7.49. The zero-order valence-electron chi connectivity index (χ0n) is 23.1. The van der Waals surface area contributed by atoms with Crippen molar-refractivity contribution in [1.29, 1.82) is 0 Å². The Morgan fingerprint density at radius 3 is 2.67 bits per heavy atom. The number of hydrogen-bond donors (Lipinski definition) is 1. The predicted octanol–water partition coefficient (Wildman–Crippen LogP) is 3.48. The lowest BCUT2D eigenvalue weighted by Gasteiger charge is -2.19. The minimum absolute atomic E-state index is 0.0561. The number of imidazole rings is 1. The number of hydrogen-bond acceptors (Lipinski definition) is 7. The molecule has 0 aliphatic carbocycles. The summed E-state index contributed by atoms with van der Waals surface area (Å²) < 4.78 is 9.48. The molecule has 3 aromatic heterocycles. The van der Waals surface area contributed by atoms with Crippen LogP contribution in [0.3, 0.4) is 0 Å². The van der Waals surface area contributed by atoms with Gasteiger partial charge in [-0.2, -0.15) is 0 Å². The van der Waals surface area contributed by atoms with Crippen molar-refractivity contribution in [3.63, 3.8) is 0 Å². The van der Waals surface area contributed by atoms with E-state index in [0.717, 1.165) is 36.2 Å². The van der Waals surface area contributed by atoms with Gasteiger partial charge in [0.2, 0.25) is 11.8 Å². The number of nitrogens with one attached hydrogen (secondary N) is 1. The van der Waals surface area contributed by atoms with Crippen LogP contribution >= 0.6 is 0 Å². The number of carbonyl (C=O) groups is 2. The summed E-state index contributed by atoms with van der Waals surface area (Å²) in [5.74, 6) is 1.37. The van der Waals surface area contributed by atoms with E-state index in [-0.39, 0.29) is 18.1 Å². The van der Waals surface area contributed by atoms with Gasteiger partial charge in [0, 0.05) is 44.9 Å². The van der Waals surface area contributed by atoms with Crippen molar-refractivity contribution in [2.24, 2.45) is 7.05 Å². The fourth-order valence-electron chi connectivity index (χ4n) is 5.03. The first-order chi connectivity index (χ1) is 18.6. The standard InChI is InChI=1S/C29H35N7O3/c1-19-12-24(34(5)15-19)25(37)14-21-13-23(7-6-20(21)2)39-29-9-8-27-30-26(17-36(27)32-29)31-28(38)18-35-11-10-22(16-35)33(3)4/h6-9,12-13,15,17,22H,10-11,14,16,18H2,1-5H3,(H,31,38)/t22-/m1/s1. The van der Waals surface area contributed by atoms with Gasteiger partial charge in [0.1, 0.15) is 5.75 Å². The third-order valence-electron chi connectivity index (χ3n) is 7.23. The smallest absolute Gasteiger partial charge is 0.239 e. The van der Waals surface area contributed by atoms with Crippen LogP contribution in [0, 0.1) is 13.8 Å². The molecule has 0 bridgehead atoms. The molecule has 1 aliphatic heterocycles. The van der Waals surface area contributed by atoms with Crippen molar-refractivity contribution in [2.45, 2.75) is 32.7 Å². The van der Waals surface area contributed by atoms with Gasteiger partial charge in [-0.05, 0) is 75.3 Å². The van der Waals surface area contributed by atoms with Gasteiger partial charge in [0.15, 0.2) is 17.2 Å². The van der Waals surface area contributed by atoms with Crippen LogP contribution in [0.4, 0.5) is 5.82 Å². The molecule has 1 aromatic carbocycles. The average molecular weight is 530 g/mol. The van der Waals surface area contributed by atoms with Crippen LogP contribution in [0.1, 0.15) is 33.6 Å². The molecular weight excluding hydrogens is 494 g/mol. The van der Waals surface area contributed by atoms with Gasteiger partial charge in [0.25, 0.3) is 0 Å². The van der Waals surface area contributed by atoms with Gasteiger partial charge in [-0.1, -0.05) is 6.07 Å². The fraction of sp³-hybridized carbons (Fsp3) is 0.379. The van der Waals surface area contributed by atoms with Crippen LogP contribution in [0.2, 0.25) is 0 Å². The molecule has 1 N–H and O–H groups in total. The third-order valence-corrected chi connectivity index (χ3v) is 7.23. The molecule has 1 atom stereocenters. The number of amides is 1. The second-order valence-corrected chi connectivity index (χ2v) is 10.6. The molecule has 1 amide bonds. The maximum Gasteiger partial charge on any atom is 0.239 e. The van der Waals surface area contributed by atoms with Gasteiger partial charge in [0.05, 0.1) is 18.4 Å². The van der Waals surface area contributed by atoms with E-state index in [2.05, 4.69) is 39.3 Å². The number of ketones is 1. The molecule has 39 heavy (non-hydrogen) atoms. The number of fused-ring (bicyclic) bond motifs is 1. The number of anilines is 1. The molecule has 10 heteroatoms. The maximum absolute atomic E-state index is 12.9. The Morgan fingerprint density at radius 1 is 1.13 bits per heavy atom. The van der Waals surface area contributed by atoms with Crippen molar-refractivity contribution < 1.29 is 14.3 Å². The van der Waals surface area contributed by atoms with E-state index in [9.17, 15) is 9.59 Å². The second kappa shape index (κ2) is 11.0. The maximum atomic E-state index is 12.9. The topological polar surface area (TPSA) is 97.0 Å². The number of Topliss-reactive ketones (excluding diaryl/α,β-unsaturated/α-hetero) is 1. The van der Waals surface area contributed by atoms with Crippen LogP contribution < -0.4 is 10.1 Å². The minimum Gasteiger partial charge on any atom is -0.438 e. The van der Waals surface area contributed by atoms with Crippen LogP contribution in [0.5, 0.6) is 11.6 Å². The Labute approximate surface area is 228 Å². The van der Waals surface area contributed by atoms with Crippen molar-refractivity contribution >= 4 is 23.2 Å². The minimum atomic E-state index is -0.0958. The summed E-state index contributed by atoms with van der Waals surface area (Å²) in [6.45, 7) is 6.09. The third kappa shape index (κ3) is 6.18. The molecule has 1 saturated heterocycles. The number of aryl methyl sites for hydroxylation is 3. The van der Waals surface area contributed by atoms with Crippen molar-refractivity contribution in [3.8, 4) is 11.6 Å². The number of nitrogens with zero attached hydrogens (tertiary/aromatic N) is 6. The lowest BCUT2D eigenvalue weighted by molar-refractivity contribution is -0.117. The van der Waals surface area contributed by atoms with E-state index in [0.29, 0.717) is 41.4 Å². The number of likely N-dealkylation sites (tertiary alicyclic amines) is 1. The van der Waals surface area contributed by atoms with Gasteiger partial charge >= 0.3 is 0 Å². The van der Waals surface area contributed by atoms with E-state index in [1.54, 1.807) is 22.8 Å². The molecule has 0 radical (unpaired) electrons. The Hall–Kier alpha value is -4.02. The molecule has 204 valence electrons. The van der Waals surface area contributed by atoms with E-state index >= 15 is 0 Å². The highest BCUT2D eigenvalue weighted by Gasteiger charge is 2.25. The number of aromatic nitrogens is 4. The Morgan fingerprint density at radius 2 is 1.95 bits per heavy atom. The normalized spacial score (nSPS) is 15.8. The molecule has 1 fully saturated rings. The van der Waals surface area contributed by atoms with Crippen molar-refractivity contribution in [1.82, 2.24) is 29.0 Å². The Balaban J connectivity index is 1.23. The predicted molar refractivity (Wildman–Crippen MR) is 150 cm³/mol. The molecule has 5 rings (SSSR count). The number of benzene rings is 1. The number of likely N-dealkylation sites (N-methyl/N-ethyl adjacent to an activating group) is 1. The highest BCUT2D eigenvalue weighted by Crippen LogP contribution is 2.25. The molecule has 1 aliphatic rings. The lowest BCUT2D eigenvalue weighted by Crippen LogP contribution is -2.35. The molecular formula is C29H35N7O3. The van der Waals surface area contributed by atoms with Gasteiger partial charge in [-0.25, -0.2) is 9.50 Å². The summed E-state index contributed by atoms with van der Waals surface area (Å²) in [4.78, 5) is 34.3. The van der Waals surface area contributed by atoms with Crippen LogP contribution in [-0.4, -0.2) is 80.4 Å². The molecule has 4 aromatic rings. The molecule has 0 spiro atoms. The number of rotatable bonds is 9. The first kappa shape index (κ1) is 26.6. The first-order valence-electron chi connectivity index (χ1n) is 13.1. The largest absolute Gasteiger partial charge is 0.438 e. The zero-order valence-corrected chi connectivity index (χ0v) is 23.1. The van der Waals surface area contributed by atoms with Gasteiger partial charge < -0.3 is 19.5 Å². The molecule has 4 heterocycles. The molecule has 0 saturated carbocycles. The molecule has 10 nitrogen and oxygen atoms in total. The summed E-state index contributed by atoms with van der Waals surface area (Å²) in [5, 5.41) is 7.38. The average Bonchev–Trinajstić information content (AvgIpc) is 3.59.